The Labute approximate surface area is 180 Å². The number of aryl methyl sites for hydroxylation is 1. The van der Waals surface area contributed by atoms with Crippen LogP contribution in [0.1, 0.15) is 58.3 Å². The van der Waals surface area contributed by atoms with Crippen LogP contribution < -0.4 is 10.2 Å². The number of ketones is 1. The van der Waals surface area contributed by atoms with Crippen molar-refractivity contribution in [2.45, 2.75) is 39.7 Å². The van der Waals surface area contributed by atoms with Crippen LogP contribution >= 0.6 is 11.3 Å². The predicted octanol–water partition coefficient (Wildman–Crippen LogP) is 4.75. The van der Waals surface area contributed by atoms with Gasteiger partial charge in [-0.3, -0.25) is 9.59 Å². The van der Waals surface area contributed by atoms with E-state index in [4.69, 9.17) is 4.98 Å². The Kier molecular flexibility index (Phi) is 5.99. The Morgan fingerprint density at radius 3 is 2.57 bits per heavy atom. The van der Waals surface area contributed by atoms with Crippen LogP contribution in [0.25, 0.3) is 0 Å². The van der Waals surface area contributed by atoms with Crippen molar-refractivity contribution in [3.05, 3.63) is 64.4 Å². The topological polar surface area (TPSA) is 67.2 Å². The molecule has 1 N–H and O–H groups in total. The standard InChI is InChI=1S/C23H26N4O2S/c1-16-12-21(22(29)24-19-8-6-18(7-9-19)17(2)28)27(13-16)14-20-15-30-23(25-20)26-10-4-3-5-11-26/h6-9,12-13,15H,3-5,10-11,14H2,1-2H3,(H,24,29). The van der Waals surface area contributed by atoms with Crippen LogP contribution in [0.3, 0.4) is 0 Å². The number of piperidine rings is 1. The lowest BCUT2D eigenvalue weighted by Crippen LogP contribution is -2.29. The molecule has 1 amide bonds. The smallest absolute Gasteiger partial charge is 0.272 e. The first-order chi connectivity index (χ1) is 14.5. The lowest BCUT2D eigenvalue weighted by molar-refractivity contribution is 0.101. The summed E-state index contributed by atoms with van der Waals surface area (Å²) in [5, 5.41) is 6.08. The van der Waals surface area contributed by atoms with E-state index < -0.39 is 0 Å². The minimum atomic E-state index is -0.176. The second-order valence-corrected chi connectivity index (χ2v) is 8.62. The van der Waals surface area contributed by atoms with Crippen molar-refractivity contribution < 1.29 is 9.59 Å². The number of benzene rings is 1. The molecule has 7 heteroatoms. The lowest BCUT2D eigenvalue weighted by atomic mass is 10.1. The number of carbonyl (C=O) groups excluding carboxylic acids is 2. The first-order valence-corrected chi connectivity index (χ1v) is 11.2. The minimum Gasteiger partial charge on any atom is -0.348 e. The highest BCUT2D eigenvalue weighted by atomic mass is 32.1. The van der Waals surface area contributed by atoms with Crippen molar-refractivity contribution in [3.8, 4) is 0 Å². The molecule has 4 rings (SSSR count). The summed E-state index contributed by atoms with van der Waals surface area (Å²) in [6.45, 7) is 6.22. The van der Waals surface area contributed by atoms with Crippen molar-refractivity contribution in [3.63, 3.8) is 0 Å². The molecule has 0 atom stereocenters. The molecule has 30 heavy (non-hydrogen) atoms. The number of amides is 1. The molecule has 0 radical (unpaired) electrons. The number of nitrogens with zero attached hydrogens (tertiary/aromatic N) is 3. The summed E-state index contributed by atoms with van der Waals surface area (Å²) >= 11 is 1.68. The van der Waals surface area contributed by atoms with E-state index in [1.54, 1.807) is 35.6 Å². The molecule has 1 aromatic carbocycles. The maximum atomic E-state index is 12.9. The van der Waals surface area contributed by atoms with E-state index in [1.165, 1.54) is 26.2 Å². The van der Waals surface area contributed by atoms with E-state index in [0.717, 1.165) is 29.5 Å². The van der Waals surface area contributed by atoms with Gasteiger partial charge in [-0.1, -0.05) is 0 Å². The molecule has 1 fully saturated rings. The van der Waals surface area contributed by atoms with E-state index in [1.807, 2.05) is 23.8 Å². The first-order valence-electron chi connectivity index (χ1n) is 10.3. The van der Waals surface area contributed by atoms with Gasteiger partial charge in [0.2, 0.25) is 0 Å². The van der Waals surface area contributed by atoms with Crippen molar-refractivity contribution in [1.82, 2.24) is 9.55 Å². The van der Waals surface area contributed by atoms with Gasteiger partial charge in [0.25, 0.3) is 5.91 Å². The molecule has 156 valence electrons. The molecule has 0 saturated carbocycles. The average molecular weight is 423 g/mol. The molecule has 2 aromatic heterocycles. The highest BCUT2D eigenvalue weighted by Gasteiger charge is 2.17. The number of Topliss-reactive ketones (excluding diaryl/α,β-unsaturated/α-hetero) is 1. The molecular formula is C23H26N4O2S. The van der Waals surface area contributed by atoms with Crippen molar-refractivity contribution in [2.75, 3.05) is 23.3 Å². The summed E-state index contributed by atoms with van der Waals surface area (Å²) in [5.41, 5.74) is 3.88. The fourth-order valence-corrected chi connectivity index (χ4v) is 4.61. The first kappa shape index (κ1) is 20.3. The largest absolute Gasteiger partial charge is 0.348 e. The minimum absolute atomic E-state index is 0.00423. The monoisotopic (exact) mass is 422 g/mol. The number of nitrogens with one attached hydrogen (secondary N) is 1. The van der Waals surface area contributed by atoms with E-state index in [2.05, 4.69) is 15.6 Å². The van der Waals surface area contributed by atoms with Gasteiger partial charge in [0.1, 0.15) is 5.69 Å². The number of hydrogen-bond acceptors (Lipinski definition) is 5. The van der Waals surface area contributed by atoms with Crippen LogP contribution in [0.15, 0.2) is 41.9 Å². The molecule has 3 heterocycles. The molecule has 0 aliphatic carbocycles. The third kappa shape index (κ3) is 4.62. The number of thiazole rings is 1. The van der Waals surface area contributed by atoms with Crippen molar-refractivity contribution in [2.24, 2.45) is 0 Å². The summed E-state index contributed by atoms with van der Waals surface area (Å²) in [6, 6.07) is 8.83. The van der Waals surface area contributed by atoms with Gasteiger partial charge in [-0.05, 0) is 69.0 Å². The second-order valence-electron chi connectivity index (χ2n) is 7.79. The molecule has 0 unspecified atom stereocenters. The van der Waals surface area contributed by atoms with Crippen LogP contribution in [-0.2, 0) is 6.54 Å². The van der Waals surface area contributed by atoms with Crippen molar-refractivity contribution >= 4 is 33.8 Å². The number of hydrogen-bond donors (Lipinski definition) is 1. The molecule has 1 aliphatic heterocycles. The summed E-state index contributed by atoms with van der Waals surface area (Å²) in [5.74, 6) is -0.172. The highest BCUT2D eigenvalue weighted by molar-refractivity contribution is 7.13. The Balaban J connectivity index is 1.47. The Morgan fingerprint density at radius 1 is 1.13 bits per heavy atom. The number of aromatic nitrogens is 2. The molecule has 0 bridgehead atoms. The molecule has 6 nitrogen and oxygen atoms in total. The number of anilines is 2. The maximum absolute atomic E-state index is 12.9. The zero-order valence-electron chi connectivity index (χ0n) is 17.4. The zero-order valence-corrected chi connectivity index (χ0v) is 18.2. The highest BCUT2D eigenvalue weighted by Crippen LogP contribution is 2.25. The zero-order chi connectivity index (χ0) is 21.1. The summed E-state index contributed by atoms with van der Waals surface area (Å²) in [7, 11) is 0. The summed E-state index contributed by atoms with van der Waals surface area (Å²) in [4.78, 5) is 31.5. The average Bonchev–Trinajstić information content (AvgIpc) is 3.36. The predicted molar refractivity (Wildman–Crippen MR) is 121 cm³/mol. The number of carbonyl (C=O) groups is 2. The lowest BCUT2D eigenvalue weighted by Gasteiger charge is -2.25. The van der Waals surface area contributed by atoms with Crippen LogP contribution in [0, 0.1) is 6.92 Å². The molecule has 3 aromatic rings. The normalized spacial score (nSPS) is 14.0. The molecular weight excluding hydrogens is 396 g/mol. The van der Waals surface area contributed by atoms with Gasteiger partial charge >= 0.3 is 0 Å². The van der Waals surface area contributed by atoms with Crippen LogP contribution in [0.2, 0.25) is 0 Å². The quantitative estimate of drug-likeness (QED) is 0.582. The second kappa shape index (κ2) is 8.83. The van der Waals surface area contributed by atoms with E-state index >= 15 is 0 Å². The molecule has 1 saturated heterocycles. The van der Waals surface area contributed by atoms with Gasteiger partial charge in [0.15, 0.2) is 10.9 Å². The Bertz CT molecular complexity index is 1050. The van der Waals surface area contributed by atoms with Gasteiger partial charge < -0.3 is 14.8 Å². The van der Waals surface area contributed by atoms with Gasteiger partial charge in [-0.2, -0.15) is 0 Å². The maximum Gasteiger partial charge on any atom is 0.272 e. The van der Waals surface area contributed by atoms with Gasteiger partial charge in [0, 0.05) is 35.9 Å². The fourth-order valence-electron chi connectivity index (χ4n) is 3.74. The molecule has 0 spiro atoms. The third-order valence-electron chi connectivity index (χ3n) is 5.31. The third-order valence-corrected chi connectivity index (χ3v) is 6.26. The summed E-state index contributed by atoms with van der Waals surface area (Å²) in [6.07, 6.45) is 5.73. The van der Waals surface area contributed by atoms with Crippen LogP contribution in [-0.4, -0.2) is 34.3 Å². The molecule has 1 aliphatic rings. The van der Waals surface area contributed by atoms with E-state index in [9.17, 15) is 9.59 Å². The fraction of sp³-hybridized carbons (Fsp3) is 0.348. The van der Waals surface area contributed by atoms with Gasteiger partial charge in [0.05, 0.1) is 12.2 Å². The number of rotatable bonds is 6. The van der Waals surface area contributed by atoms with Crippen LogP contribution in [0.4, 0.5) is 10.8 Å². The SMILES string of the molecule is CC(=O)c1ccc(NC(=O)c2cc(C)cn2Cc2csc(N3CCCCC3)n2)cc1. The van der Waals surface area contributed by atoms with Gasteiger partial charge in [-0.15, -0.1) is 11.3 Å². The van der Waals surface area contributed by atoms with E-state index in [-0.39, 0.29) is 11.7 Å². The Hall–Kier alpha value is -2.93. The van der Waals surface area contributed by atoms with Crippen LogP contribution in [0.5, 0.6) is 0 Å². The Morgan fingerprint density at radius 2 is 1.87 bits per heavy atom. The van der Waals surface area contributed by atoms with Crippen molar-refractivity contribution in [1.29, 1.82) is 0 Å². The van der Waals surface area contributed by atoms with E-state index in [0.29, 0.717) is 23.5 Å². The summed E-state index contributed by atoms with van der Waals surface area (Å²) < 4.78 is 1.95. The van der Waals surface area contributed by atoms with Gasteiger partial charge in [-0.25, -0.2) is 4.98 Å².